The summed E-state index contributed by atoms with van der Waals surface area (Å²) in [5.41, 5.74) is 6.26. The van der Waals surface area contributed by atoms with Crippen LogP contribution in [0, 0.1) is 6.92 Å². The van der Waals surface area contributed by atoms with Crippen molar-refractivity contribution in [2.75, 3.05) is 5.73 Å². The van der Waals surface area contributed by atoms with Gasteiger partial charge in [-0.1, -0.05) is 11.8 Å². The maximum Gasteiger partial charge on any atom is 0.115 e. The number of aromatic nitrogens is 1. The second-order valence-electron chi connectivity index (χ2n) is 3.00. The summed E-state index contributed by atoms with van der Waals surface area (Å²) in [5.74, 6) is 0.894. The van der Waals surface area contributed by atoms with Gasteiger partial charge in [-0.05, 0) is 35.0 Å². The quantitative estimate of drug-likeness (QED) is 0.917. The van der Waals surface area contributed by atoms with Crippen LogP contribution < -0.4 is 5.73 Å². The van der Waals surface area contributed by atoms with Crippen LogP contribution in [0.3, 0.4) is 0 Å². The standard InChI is InChI=1S/C10H9BrN2OS/c1-6-9(2-3-14-6)15-10-8(11)4-7(12)5-13-10/h2-5H,12H2,1H3. The lowest BCUT2D eigenvalue weighted by Crippen LogP contribution is -1.88. The van der Waals surface area contributed by atoms with E-state index in [-0.39, 0.29) is 0 Å². The van der Waals surface area contributed by atoms with Crippen LogP contribution in [0.25, 0.3) is 0 Å². The third kappa shape index (κ3) is 2.35. The minimum absolute atomic E-state index is 0.648. The molecule has 0 aliphatic carbocycles. The molecule has 2 heterocycles. The summed E-state index contributed by atoms with van der Waals surface area (Å²) >= 11 is 4.97. The molecule has 0 unspecified atom stereocenters. The number of rotatable bonds is 2. The third-order valence-corrected chi connectivity index (χ3v) is 3.88. The van der Waals surface area contributed by atoms with Crippen LogP contribution in [0.15, 0.2) is 43.4 Å². The Morgan fingerprint density at radius 2 is 2.33 bits per heavy atom. The van der Waals surface area contributed by atoms with E-state index in [1.807, 2.05) is 19.1 Å². The first-order chi connectivity index (χ1) is 7.16. The second-order valence-corrected chi connectivity index (χ2v) is 4.88. The molecule has 0 aliphatic heterocycles. The summed E-state index contributed by atoms with van der Waals surface area (Å²) in [6, 6.07) is 3.76. The molecule has 78 valence electrons. The van der Waals surface area contributed by atoms with Crippen molar-refractivity contribution >= 4 is 33.4 Å². The summed E-state index contributed by atoms with van der Waals surface area (Å²) in [4.78, 5) is 5.31. The normalized spacial score (nSPS) is 10.5. The summed E-state index contributed by atoms with van der Waals surface area (Å²) in [5, 5.41) is 0.883. The van der Waals surface area contributed by atoms with E-state index < -0.39 is 0 Å². The van der Waals surface area contributed by atoms with Crippen LogP contribution in [0.5, 0.6) is 0 Å². The highest BCUT2D eigenvalue weighted by atomic mass is 79.9. The zero-order chi connectivity index (χ0) is 10.8. The van der Waals surface area contributed by atoms with E-state index in [1.54, 1.807) is 24.2 Å². The molecule has 2 N–H and O–H groups in total. The Labute approximate surface area is 100 Å². The summed E-state index contributed by atoms with van der Waals surface area (Å²) < 4.78 is 6.11. The first kappa shape index (κ1) is 10.6. The van der Waals surface area contributed by atoms with Crippen LogP contribution in [0.1, 0.15) is 5.76 Å². The van der Waals surface area contributed by atoms with E-state index >= 15 is 0 Å². The molecule has 15 heavy (non-hydrogen) atoms. The predicted octanol–water partition coefficient (Wildman–Crippen LogP) is 3.48. The number of furan rings is 1. The molecule has 5 heteroatoms. The Kier molecular flexibility index (Phi) is 3.02. The molecular weight excluding hydrogens is 276 g/mol. The zero-order valence-corrected chi connectivity index (χ0v) is 10.4. The fourth-order valence-electron chi connectivity index (χ4n) is 1.10. The van der Waals surface area contributed by atoms with E-state index in [2.05, 4.69) is 20.9 Å². The first-order valence-corrected chi connectivity index (χ1v) is 5.91. The number of nitrogens with zero attached hydrogens (tertiary/aromatic N) is 1. The number of nitrogens with two attached hydrogens (primary N) is 1. The van der Waals surface area contributed by atoms with Gasteiger partial charge < -0.3 is 10.2 Å². The summed E-state index contributed by atoms with van der Waals surface area (Å²) in [6.07, 6.45) is 3.31. The molecule has 0 bridgehead atoms. The van der Waals surface area contributed by atoms with Crippen LogP contribution >= 0.6 is 27.7 Å². The molecular formula is C10H9BrN2OS. The monoisotopic (exact) mass is 284 g/mol. The van der Waals surface area contributed by atoms with Gasteiger partial charge in [-0.2, -0.15) is 0 Å². The molecule has 0 saturated heterocycles. The van der Waals surface area contributed by atoms with Gasteiger partial charge in [0, 0.05) is 0 Å². The molecule has 0 atom stereocenters. The van der Waals surface area contributed by atoms with Crippen molar-refractivity contribution in [3.05, 3.63) is 34.8 Å². The number of hydrogen-bond donors (Lipinski definition) is 1. The molecule has 0 spiro atoms. The van der Waals surface area contributed by atoms with Crippen molar-refractivity contribution in [1.29, 1.82) is 0 Å². The van der Waals surface area contributed by atoms with Gasteiger partial charge in [0.2, 0.25) is 0 Å². The Morgan fingerprint density at radius 1 is 1.53 bits per heavy atom. The highest BCUT2D eigenvalue weighted by Crippen LogP contribution is 2.34. The Hall–Kier alpha value is -0.940. The largest absolute Gasteiger partial charge is 0.468 e. The zero-order valence-electron chi connectivity index (χ0n) is 8.03. The van der Waals surface area contributed by atoms with Gasteiger partial charge in [-0.3, -0.25) is 0 Å². The van der Waals surface area contributed by atoms with E-state index in [9.17, 15) is 0 Å². The Morgan fingerprint density at radius 3 is 2.93 bits per heavy atom. The topological polar surface area (TPSA) is 52.0 Å². The molecule has 0 saturated carbocycles. The number of halogens is 1. The summed E-state index contributed by atoms with van der Waals surface area (Å²) in [6.45, 7) is 1.92. The van der Waals surface area contributed by atoms with Crippen molar-refractivity contribution in [3.63, 3.8) is 0 Å². The molecule has 2 aromatic rings. The average molecular weight is 285 g/mol. The second kappa shape index (κ2) is 4.28. The van der Waals surface area contributed by atoms with Crippen molar-refractivity contribution in [2.45, 2.75) is 16.8 Å². The van der Waals surface area contributed by atoms with Gasteiger partial charge >= 0.3 is 0 Å². The molecule has 0 fully saturated rings. The van der Waals surface area contributed by atoms with Gasteiger partial charge in [0.25, 0.3) is 0 Å². The fourth-order valence-corrected chi connectivity index (χ4v) is 2.49. The molecule has 0 radical (unpaired) electrons. The smallest absolute Gasteiger partial charge is 0.115 e. The van der Waals surface area contributed by atoms with E-state index in [1.165, 1.54) is 0 Å². The lowest BCUT2D eigenvalue weighted by atomic mass is 10.4. The molecule has 0 amide bonds. The third-order valence-electron chi connectivity index (χ3n) is 1.85. The minimum atomic E-state index is 0.648. The fraction of sp³-hybridized carbons (Fsp3) is 0.100. The minimum Gasteiger partial charge on any atom is -0.468 e. The van der Waals surface area contributed by atoms with Crippen molar-refractivity contribution < 1.29 is 4.42 Å². The Balaban J connectivity index is 2.29. The van der Waals surface area contributed by atoms with Crippen molar-refractivity contribution in [3.8, 4) is 0 Å². The SMILES string of the molecule is Cc1occc1Sc1ncc(N)cc1Br. The van der Waals surface area contributed by atoms with Crippen LogP contribution in [-0.2, 0) is 0 Å². The van der Waals surface area contributed by atoms with E-state index in [4.69, 9.17) is 10.2 Å². The number of nitrogen functional groups attached to an aromatic ring is 1. The lowest BCUT2D eigenvalue weighted by molar-refractivity contribution is 0.527. The predicted molar refractivity (Wildman–Crippen MR) is 63.9 cm³/mol. The van der Waals surface area contributed by atoms with Gasteiger partial charge in [0.05, 0.1) is 27.5 Å². The number of anilines is 1. The molecule has 0 aromatic carbocycles. The average Bonchev–Trinajstić information content (AvgIpc) is 2.57. The highest BCUT2D eigenvalue weighted by Gasteiger charge is 2.08. The maximum absolute atomic E-state index is 5.61. The van der Waals surface area contributed by atoms with Gasteiger partial charge in [-0.25, -0.2) is 4.98 Å². The molecule has 0 aliphatic rings. The van der Waals surface area contributed by atoms with Crippen LogP contribution in [0.4, 0.5) is 5.69 Å². The lowest BCUT2D eigenvalue weighted by Gasteiger charge is -2.02. The Bertz CT molecular complexity index is 484. The number of hydrogen-bond acceptors (Lipinski definition) is 4. The molecule has 3 nitrogen and oxygen atoms in total. The van der Waals surface area contributed by atoms with Crippen LogP contribution in [-0.4, -0.2) is 4.98 Å². The molecule has 2 rings (SSSR count). The van der Waals surface area contributed by atoms with Gasteiger partial charge in [-0.15, -0.1) is 0 Å². The van der Waals surface area contributed by atoms with Crippen LogP contribution in [0.2, 0.25) is 0 Å². The van der Waals surface area contributed by atoms with Gasteiger partial charge in [0.1, 0.15) is 10.8 Å². The number of aryl methyl sites for hydroxylation is 1. The van der Waals surface area contributed by atoms with E-state index in [0.29, 0.717) is 5.69 Å². The van der Waals surface area contributed by atoms with Gasteiger partial charge in [0.15, 0.2) is 0 Å². The van der Waals surface area contributed by atoms with Crippen molar-refractivity contribution in [2.24, 2.45) is 0 Å². The van der Waals surface area contributed by atoms with Crippen molar-refractivity contribution in [1.82, 2.24) is 4.98 Å². The highest BCUT2D eigenvalue weighted by molar-refractivity contribution is 9.10. The molecule has 2 aromatic heterocycles. The maximum atomic E-state index is 5.61. The summed E-state index contributed by atoms with van der Waals surface area (Å²) in [7, 11) is 0. The van der Waals surface area contributed by atoms with E-state index in [0.717, 1.165) is 20.2 Å². The first-order valence-electron chi connectivity index (χ1n) is 4.30. The number of pyridine rings is 1.